The maximum Gasteiger partial charge on any atom is 0.254 e. The van der Waals surface area contributed by atoms with Crippen LogP contribution < -0.4 is 20.6 Å². The Labute approximate surface area is 128 Å². The molecule has 0 aliphatic rings. The van der Waals surface area contributed by atoms with Gasteiger partial charge in [-0.05, 0) is 24.3 Å². The molecule has 2 aromatic heterocycles. The van der Waals surface area contributed by atoms with Gasteiger partial charge in [0.05, 0.1) is 0 Å². The minimum Gasteiger partial charge on any atom is -0.365 e. The number of aromatic nitrogens is 2. The molecule has 0 radical (unpaired) electrons. The van der Waals surface area contributed by atoms with E-state index < -0.39 is 11.8 Å². The Bertz CT molecular complexity index is 664. The fraction of sp³-hybridized carbons (Fsp3) is 0.125. The third kappa shape index (κ3) is 4.24. The van der Waals surface area contributed by atoms with Crippen LogP contribution in [0.3, 0.4) is 0 Å². The van der Waals surface area contributed by atoms with E-state index in [9.17, 15) is 9.59 Å². The van der Waals surface area contributed by atoms with Crippen LogP contribution in [0.2, 0.25) is 0 Å². The van der Waals surface area contributed by atoms with Crippen LogP contribution in [0.4, 0.5) is 0 Å². The van der Waals surface area contributed by atoms with Gasteiger partial charge >= 0.3 is 0 Å². The number of amides is 2. The standard InChI is InChI=1S/C16H16N4O2/c17-15(21)13-5-3-9-19(11-13)7-1-2-8-20-10-4-6-14(12-20)16(18)22/h1-6,9-12H,7-8H2,(H2-2,17,18,21,22)/p+2/b2-1+. The number of primary amides is 2. The minimum absolute atomic E-state index is 0.447. The second kappa shape index (κ2) is 7.12. The lowest BCUT2D eigenvalue weighted by molar-refractivity contribution is -0.691. The minimum atomic E-state index is -0.447. The highest BCUT2D eigenvalue weighted by Crippen LogP contribution is 1.93. The molecule has 0 fully saturated rings. The number of carbonyl (C=O) groups is 2. The van der Waals surface area contributed by atoms with Crippen molar-refractivity contribution in [3.8, 4) is 0 Å². The fourth-order valence-corrected chi connectivity index (χ4v) is 1.96. The zero-order valence-corrected chi connectivity index (χ0v) is 12.1. The van der Waals surface area contributed by atoms with Crippen molar-refractivity contribution in [3.63, 3.8) is 0 Å². The van der Waals surface area contributed by atoms with Crippen LogP contribution in [-0.4, -0.2) is 11.8 Å². The van der Waals surface area contributed by atoms with Crippen molar-refractivity contribution >= 4 is 11.8 Å². The van der Waals surface area contributed by atoms with Gasteiger partial charge in [-0.25, -0.2) is 9.13 Å². The van der Waals surface area contributed by atoms with Crippen LogP contribution >= 0.6 is 0 Å². The first-order valence-electron chi connectivity index (χ1n) is 6.79. The van der Waals surface area contributed by atoms with Gasteiger partial charge in [-0.15, -0.1) is 0 Å². The van der Waals surface area contributed by atoms with E-state index >= 15 is 0 Å². The number of carbonyl (C=O) groups excluding carboxylic acids is 2. The topological polar surface area (TPSA) is 93.9 Å². The predicted molar refractivity (Wildman–Crippen MR) is 79.4 cm³/mol. The summed E-state index contributed by atoms with van der Waals surface area (Å²) in [7, 11) is 0. The molecule has 0 aliphatic carbocycles. The Balaban J connectivity index is 1.96. The van der Waals surface area contributed by atoms with Gasteiger partial charge in [0.15, 0.2) is 37.9 Å². The molecule has 22 heavy (non-hydrogen) atoms. The molecule has 112 valence electrons. The monoisotopic (exact) mass is 298 g/mol. The Hall–Kier alpha value is -3.02. The SMILES string of the molecule is NC(=O)c1ccc[n+](C/C=C/C[n+]2cccc(C(N)=O)c2)c1. The predicted octanol–water partition coefficient (Wildman–Crippen LogP) is -0.284. The number of hydrogen-bond acceptors (Lipinski definition) is 2. The summed E-state index contributed by atoms with van der Waals surface area (Å²) in [6.07, 6.45) is 11.1. The summed E-state index contributed by atoms with van der Waals surface area (Å²) in [5, 5.41) is 0. The summed E-state index contributed by atoms with van der Waals surface area (Å²) in [5.74, 6) is -0.894. The second-order valence-corrected chi connectivity index (χ2v) is 4.78. The van der Waals surface area contributed by atoms with Gasteiger partial charge in [0, 0.05) is 12.1 Å². The van der Waals surface area contributed by atoms with Crippen LogP contribution in [-0.2, 0) is 13.1 Å². The van der Waals surface area contributed by atoms with E-state index in [0.29, 0.717) is 24.2 Å². The van der Waals surface area contributed by atoms with Crippen molar-refractivity contribution in [1.82, 2.24) is 0 Å². The van der Waals surface area contributed by atoms with E-state index in [-0.39, 0.29) is 0 Å². The summed E-state index contributed by atoms with van der Waals surface area (Å²) in [4.78, 5) is 22.2. The van der Waals surface area contributed by atoms with Gasteiger partial charge in [0.1, 0.15) is 11.1 Å². The van der Waals surface area contributed by atoms with Crippen LogP contribution in [0.25, 0.3) is 0 Å². The first-order chi connectivity index (χ1) is 10.6. The van der Waals surface area contributed by atoms with Crippen LogP contribution in [0.15, 0.2) is 61.2 Å². The van der Waals surface area contributed by atoms with Crippen molar-refractivity contribution in [2.75, 3.05) is 0 Å². The zero-order valence-electron chi connectivity index (χ0n) is 12.1. The van der Waals surface area contributed by atoms with Crippen LogP contribution in [0.1, 0.15) is 20.7 Å². The van der Waals surface area contributed by atoms with Gasteiger partial charge < -0.3 is 11.5 Å². The zero-order chi connectivity index (χ0) is 15.9. The molecule has 6 heteroatoms. The molecule has 0 aromatic carbocycles. The average molecular weight is 298 g/mol. The quantitative estimate of drug-likeness (QED) is 0.566. The Morgan fingerprint density at radius 3 is 1.64 bits per heavy atom. The van der Waals surface area contributed by atoms with E-state index in [4.69, 9.17) is 11.5 Å². The number of nitrogens with zero attached hydrogens (tertiary/aromatic N) is 2. The Morgan fingerprint density at radius 1 is 0.864 bits per heavy atom. The van der Waals surface area contributed by atoms with Crippen molar-refractivity contribution in [2.45, 2.75) is 13.1 Å². The molecule has 2 rings (SSSR count). The van der Waals surface area contributed by atoms with Crippen molar-refractivity contribution in [1.29, 1.82) is 0 Å². The molecule has 0 atom stereocenters. The summed E-state index contributed by atoms with van der Waals surface area (Å²) in [5.41, 5.74) is 11.4. The van der Waals surface area contributed by atoms with Gasteiger partial charge in [0.2, 0.25) is 0 Å². The number of hydrogen-bond donors (Lipinski definition) is 2. The third-order valence-corrected chi connectivity index (χ3v) is 3.08. The van der Waals surface area contributed by atoms with Gasteiger partial charge in [0.25, 0.3) is 11.8 Å². The molecule has 0 bridgehead atoms. The second-order valence-electron chi connectivity index (χ2n) is 4.78. The average Bonchev–Trinajstić information content (AvgIpc) is 2.52. The van der Waals surface area contributed by atoms with E-state index in [1.54, 1.807) is 36.7 Å². The smallest absolute Gasteiger partial charge is 0.254 e. The van der Waals surface area contributed by atoms with Crippen LogP contribution in [0.5, 0.6) is 0 Å². The lowest BCUT2D eigenvalue weighted by Crippen LogP contribution is -2.35. The molecule has 2 amide bonds. The normalized spacial score (nSPS) is 10.7. The molecular formula is C16H18N4O2+2. The van der Waals surface area contributed by atoms with Crippen molar-refractivity contribution in [2.24, 2.45) is 11.5 Å². The van der Waals surface area contributed by atoms with Gasteiger partial charge in [-0.3, -0.25) is 9.59 Å². The molecule has 4 N–H and O–H groups in total. The van der Waals surface area contributed by atoms with Crippen LogP contribution in [0, 0.1) is 0 Å². The molecule has 6 nitrogen and oxygen atoms in total. The molecule has 0 saturated heterocycles. The molecule has 2 heterocycles. The van der Waals surface area contributed by atoms with E-state index in [2.05, 4.69) is 0 Å². The Kier molecular flexibility index (Phi) is 4.98. The van der Waals surface area contributed by atoms with E-state index in [1.165, 1.54) is 0 Å². The maximum atomic E-state index is 11.1. The largest absolute Gasteiger partial charge is 0.365 e. The number of rotatable bonds is 6. The summed E-state index contributed by atoms with van der Waals surface area (Å²) >= 11 is 0. The molecule has 0 aliphatic heterocycles. The summed E-state index contributed by atoms with van der Waals surface area (Å²) < 4.78 is 3.72. The van der Waals surface area contributed by atoms with Crippen molar-refractivity contribution in [3.05, 3.63) is 72.3 Å². The van der Waals surface area contributed by atoms with E-state index in [0.717, 1.165) is 0 Å². The highest BCUT2D eigenvalue weighted by molar-refractivity contribution is 5.92. The van der Waals surface area contributed by atoms with Gasteiger partial charge in [-0.1, -0.05) is 0 Å². The van der Waals surface area contributed by atoms with E-state index in [1.807, 2.05) is 33.7 Å². The number of nitrogens with two attached hydrogens (primary N) is 2. The molecular weight excluding hydrogens is 280 g/mol. The Morgan fingerprint density at radius 2 is 1.27 bits per heavy atom. The summed E-state index contributed by atoms with van der Waals surface area (Å²) in [6.45, 7) is 1.24. The third-order valence-electron chi connectivity index (χ3n) is 3.08. The molecule has 2 aromatic rings. The highest BCUT2D eigenvalue weighted by Gasteiger charge is 2.07. The maximum absolute atomic E-state index is 11.1. The lowest BCUT2D eigenvalue weighted by atomic mass is 10.2. The number of pyridine rings is 2. The van der Waals surface area contributed by atoms with Gasteiger partial charge in [-0.2, -0.15) is 0 Å². The molecule has 0 saturated carbocycles. The molecule has 0 spiro atoms. The highest BCUT2D eigenvalue weighted by atomic mass is 16.1. The first kappa shape index (κ1) is 15.4. The lowest BCUT2D eigenvalue weighted by Gasteiger charge is -1.96. The molecule has 0 unspecified atom stereocenters. The first-order valence-corrected chi connectivity index (χ1v) is 6.79. The summed E-state index contributed by atoms with van der Waals surface area (Å²) in [6, 6.07) is 6.90. The number of allylic oxidation sites excluding steroid dienone is 2. The van der Waals surface area contributed by atoms with Crippen molar-refractivity contribution < 1.29 is 18.7 Å². The fourth-order valence-electron chi connectivity index (χ4n) is 1.96.